The van der Waals surface area contributed by atoms with E-state index in [9.17, 15) is 4.79 Å². The minimum Gasteiger partial charge on any atom is -0.472 e. The van der Waals surface area contributed by atoms with E-state index in [2.05, 4.69) is 10.1 Å². The van der Waals surface area contributed by atoms with Crippen LogP contribution in [0, 0.1) is 6.92 Å². The predicted molar refractivity (Wildman–Crippen MR) is 75.9 cm³/mol. The third-order valence-corrected chi connectivity index (χ3v) is 3.82. The SMILES string of the molecule is Cc1noc([C@@H]2[C@@H](C)OCCN2C(=O)CCc2ccoc2)n1. The molecule has 2 aromatic rings. The number of hydrogen-bond acceptors (Lipinski definition) is 6. The molecular weight excluding hydrogens is 286 g/mol. The smallest absolute Gasteiger partial charge is 0.252 e. The summed E-state index contributed by atoms with van der Waals surface area (Å²) in [6.07, 6.45) is 4.16. The van der Waals surface area contributed by atoms with E-state index >= 15 is 0 Å². The van der Waals surface area contributed by atoms with Gasteiger partial charge in [0, 0.05) is 13.0 Å². The fourth-order valence-electron chi connectivity index (χ4n) is 2.70. The van der Waals surface area contributed by atoms with Gasteiger partial charge in [-0.15, -0.1) is 0 Å². The van der Waals surface area contributed by atoms with E-state index in [1.54, 1.807) is 24.3 Å². The first-order valence-electron chi connectivity index (χ1n) is 7.37. The van der Waals surface area contributed by atoms with Gasteiger partial charge in [-0.3, -0.25) is 4.79 Å². The van der Waals surface area contributed by atoms with Crippen LogP contribution < -0.4 is 0 Å². The van der Waals surface area contributed by atoms with Crippen molar-refractivity contribution in [1.82, 2.24) is 15.0 Å². The second-order valence-electron chi connectivity index (χ2n) is 5.42. The number of ether oxygens (including phenoxy) is 1. The van der Waals surface area contributed by atoms with Crippen molar-refractivity contribution in [3.05, 3.63) is 35.9 Å². The molecule has 0 unspecified atom stereocenters. The lowest BCUT2D eigenvalue weighted by molar-refractivity contribution is -0.147. The van der Waals surface area contributed by atoms with Crippen LogP contribution in [-0.4, -0.2) is 40.2 Å². The van der Waals surface area contributed by atoms with Crippen molar-refractivity contribution in [2.75, 3.05) is 13.2 Å². The molecule has 22 heavy (non-hydrogen) atoms. The van der Waals surface area contributed by atoms with Gasteiger partial charge in [0.05, 0.1) is 25.2 Å². The molecule has 1 saturated heterocycles. The summed E-state index contributed by atoms with van der Waals surface area (Å²) in [6, 6.07) is 1.54. The minimum atomic E-state index is -0.327. The number of aryl methyl sites for hydroxylation is 2. The van der Waals surface area contributed by atoms with Crippen molar-refractivity contribution >= 4 is 5.91 Å². The molecule has 0 spiro atoms. The van der Waals surface area contributed by atoms with Crippen molar-refractivity contribution in [1.29, 1.82) is 0 Å². The number of hydrogen-bond donors (Lipinski definition) is 0. The maximum Gasteiger partial charge on any atom is 0.252 e. The van der Waals surface area contributed by atoms with Gasteiger partial charge in [0.2, 0.25) is 5.91 Å². The van der Waals surface area contributed by atoms with E-state index in [0.717, 1.165) is 5.56 Å². The minimum absolute atomic E-state index is 0.0530. The molecule has 7 heteroatoms. The largest absolute Gasteiger partial charge is 0.472 e. The van der Waals surface area contributed by atoms with E-state index in [0.29, 0.717) is 37.7 Å². The first-order chi connectivity index (χ1) is 10.6. The van der Waals surface area contributed by atoms with Crippen LogP contribution in [0.1, 0.15) is 36.7 Å². The topological polar surface area (TPSA) is 81.6 Å². The zero-order valence-electron chi connectivity index (χ0n) is 12.7. The number of aromatic nitrogens is 2. The average Bonchev–Trinajstić information content (AvgIpc) is 3.16. The van der Waals surface area contributed by atoms with Gasteiger partial charge in [0.1, 0.15) is 6.04 Å². The lowest BCUT2D eigenvalue weighted by atomic mass is 10.1. The number of carbonyl (C=O) groups excluding carboxylic acids is 1. The molecule has 1 amide bonds. The fourth-order valence-corrected chi connectivity index (χ4v) is 2.70. The molecule has 0 N–H and O–H groups in total. The fraction of sp³-hybridized carbons (Fsp3) is 0.533. The van der Waals surface area contributed by atoms with Gasteiger partial charge in [-0.05, 0) is 31.9 Å². The van der Waals surface area contributed by atoms with Crippen LogP contribution in [0.15, 0.2) is 27.5 Å². The molecule has 0 aliphatic carbocycles. The number of amides is 1. The van der Waals surface area contributed by atoms with Crippen molar-refractivity contribution in [2.45, 2.75) is 38.8 Å². The third kappa shape index (κ3) is 3.04. The lowest BCUT2D eigenvalue weighted by Crippen LogP contribution is -2.47. The zero-order chi connectivity index (χ0) is 15.5. The highest BCUT2D eigenvalue weighted by atomic mass is 16.5. The molecule has 1 aliphatic heterocycles. The molecular formula is C15H19N3O4. The third-order valence-electron chi connectivity index (χ3n) is 3.82. The molecule has 7 nitrogen and oxygen atoms in total. The summed E-state index contributed by atoms with van der Waals surface area (Å²) >= 11 is 0. The molecule has 3 rings (SSSR count). The monoisotopic (exact) mass is 305 g/mol. The first-order valence-corrected chi connectivity index (χ1v) is 7.37. The van der Waals surface area contributed by atoms with Crippen LogP contribution in [0.25, 0.3) is 0 Å². The van der Waals surface area contributed by atoms with Crippen LogP contribution in [0.5, 0.6) is 0 Å². The molecule has 0 aromatic carbocycles. The molecule has 1 fully saturated rings. The van der Waals surface area contributed by atoms with Crippen molar-refractivity contribution in [2.24, 2.45) is 0 Å². The Kier molecular flexibility index (Phi) is 4.24. The Hall–Kier alpha value is -2.15. The molecule has 3 heterocycles. The standard InChI is InChI=1S/C15H19N3O4/c1-10-14(15-16-11(2)17-22-15)18(6-8-21-10)13(19)4-3-12-5-7-20-9-12/h5,7,9-10,14H,3-4,6,8H2,1-2H3/t10-,14+/m1/s1. The number of furan rings is 1. The van der Waals surface area contributed by atoms with Crippen molar-refractivity contribution < 1.29 is 18.5 Å². The number of nitrogens with zero attached hydrogens (tertiary/aromatic N) is 3. The van der Waals surface area contributed by atoms with E-state index in [1.807, 2.05) is 13.0 Å². The Morgan fingerprint density at radius 3 is 3.05 bits per heavy atom. The summed E-state index contributed by atoms with van der Waals surface area (Å²) in [6.45, 7) is 4.72. The molecule has 0 radical (unpaired) electrons. The molecule has 1 aliphatic rings. The summed E-state index contributed by atoms with van der Waals surface area (Å²) in [4.78, 5) is 18.6. The Morgan fingerprint density at radius 2 is 2.36 bits per heavy atom. The van der Waals surface area contributed by atoms with Crippen molar-refractivity contribution in [3.8, 4) is 0 Å². The summed E-state index contributed by atoms with van der Waals surface area (Å²) in [5.74, 6) is 1.04. The highest BCUT2D eigenvalue weighted by Gasteiger charge is 2.37. The van der Waals surface area contributed by atoms with Gasteiger partial charge < -0.3 is 18.6 Å². The van der Waals surface area contributed by atoms with Gasteiger partial charge in [-0.2, -0.15) is 4.98 Å². The van der Waals surface area contributed by atoms with Gasteiger partial charge in [-0.1, -0.05) is 5.16 Å². The van der Waals surface area contributed by atoms with Crippen LogP contribution in [-0.2, 0) is 16.0 Å². The van der Waals surface area contributed by atoms with E-state index in [1.165, 1.54) is 0 Å². The van der Waals surface area contributed by atoms with Crippen LogP contribution in [0.4, 0.5) is 0 Å². The predicted octanol–water partition coefficient (Wildman–Crippen LogP) is 1.89. The first kappa shape index (κ1) is 14.8. The summed E-state index contributed by atoms with van der Waals surface area (Å²) in [7, 11) is 0. The Morgan fingerprint density at radius 1 is 1.50 bits per heavy atom. The Balaban J connectivity index is 1.72. The maximum absolute atomic E-state index is 12.6. The second kappa shape index (κ2) is 6.31. The highest BCUT2D eigenvalue weighted by Crippen LogP contribution is 2.29. The molecule has 0 saturated carbocycles. The Labute approximate surface area is 128 Å². The van der Waals surface area contributed by atoms with Gasteiger partial charge in [0.15, 0.2) is 5.82 Å². The maximum atomic E-state index is 12.6. The number of morpholine rings is 1. The molecule has 2 aromatic heterocycles. The zero-order valence-corrected chi connectivity index (χ0v) is 12.7. The summed E-state index contributed by atoms with van der Waals surface area (Å²) < 4.78 is 15.9. The van der Waals surface area contributed by atoms with Gasteiger partial charge in [0.25, 0.3) is 5.89 Å². The molecule has 0 bridgehead atoms. The highest BCUT2D eigenvalue weighted by molar-refractivity contribution is 5.77. The average molecular weight is 305 g/mol. The van der Waals surface area contributed by atoms with Crippen LogP contribution >= 0.6 is 0 Å². The Bertz CT molecular complexity index is 623. The lowest BCUT2D eigenvalue weighted by Gasteiger charge is -2.37. The van der Waals surface area contributed by atoms with Crippen molar-refractivity contribution in [3.63, 3.8) is 0 Å². The van der Waals surface area contributed by atoms with E-state index < -0.39 is 0 Å². The van der Waals surface area contributed by atoms with Gasteiger partial charge in [-0.25, -0.2) is 0 Å². The number of rotatable bonds is 4. The van der Waals surface area contributed by atoms with Crippen LogP contribution in [0.2, 0.25) is 0 Å². The number of carbonyl (C=O) groups is 1. The summed E-state index contributed by atoms with van der Waals surface area (Å²) in [5, 5.41) is 3.81. The molecule has 2 atom stereocenters. The van der Waals surface area contributed by atoms with E-state index in [-0.39, 0.29) is 18.1 Å². The quantitative estimate of drug-likeness (QED) is 0.858. The second-order valence-corrected chi connectivity index (χ2v) is 5.42. The van der Waals surface area contributed by atoms with Gasteiger partial charge >= 0.3 is 0 Å². The van der Waals surface area contributed by atoms with Crippen LogP contribution in [0.3, 0.4) is 0 Å². The normalized spacial score (nSPS) is 22.0. The van der Waals surface area contributed by atoms with E-state index in [4.69, 9.17) is 13.7 Å². The molecule has 118 valence electrons. The summed E-state index contributed by atoms with van der Waals surface area (Å²) in [5.41, 5.74) is 1.01.